The molecule has 0 saturated heterocycles. The number of amides is 1. The zero-order valence-corrected chi connectivity index (χ0v) is 12.1. The summed E-state index contributed by atoms with van der Waals surface area (Å²) in [5.74, 6) is -0.281. The van der Waals surface area contributed by atoms with Crippen molar-refractivity contribution in [2.75, 3.05) is 6.61 Å². The van der Waals surface area contributed by atoms with Gasteiger partial charge < -0.3 is 15.3 Å². The van der Waals surface area contributed by atoms with Crippen LogP contribution < -0.4 is 5.32 Å². The molecule has 2 rings (SSSR count). The van der Waals surface area contributed by atoms with E-state index in [1.807, 2.05) is 12.1 Å². The standard InChI is InChI=1S/C14H17ClN2O3/c1-14(2,8-18)16-13(19)12-7-11(17-20-12)9-3-5-10(15)6-4-9/h3-6,12,18H,7-8H2,1-2H3,(H,16,19). The number of carbonyl (C=O) groups is 1. The first-order valence-corrected chi connectivity index (χ1v) is 6.70. The molecule has 1 unspecified atom stereocenters. The lowest BCUT2D eigenvalue weighted by Gasteiger charge is -2.24. The summed E-state index contributed by atoms with van der Waals surface area (Å²) in [7, 11) is 0. The first-order chi connectivity index (χ1) is 9.41. The molecule has 0 aromatic heterocycles. The average Bonchev–Trinajstić information content (AvgIpc) is 2.89. The zero-order valence-electron chi connectivity index (χ0n) is 11.4. The largest absolute Gasteiger partial charge is 0.394 e. The van der Waals surface area contributed by atoms with Crippen LogP contribution in [0.3, 0.4) is 0 Å². The van der Waals surface area contributed by atoms with Crippen LogP contribution in [0.25, 0.3) is 0 Å². The molecule has 1 amide bonds. The SMILES string of the molecule is CC(C)(CO)NC(=O)C1CC(c2ccc(Cl)cc2)=NO1. The molecule has 0 aliphatic carbocycles. The summed E-state index contributed by atoms with van der Waals surface area (Å²) in [6.07, 6.45) is -0.263. The predicted molar refractivity (Wildman–Crippen MR) is 76.8 cm³/mol. The number of oxime groups is 1. The van der Waals surface area contributed by atoms with Gasteiger partial charge in [0.1, 0.15) is 0 Å². The van der Waals surface area contributed by atoms with Crippen molar-refractivity contribution in [3.63, 3.8) is 0 Å². The van der Waals surface area contributed by atoms with Gasteiger partial charge in [-0.3, -0.25) is 4.79 Å². The highest BCUT2D eigenvalue weighted by Gasteiger charge is 2.32. The van der Waals surface area contributed by atoms with Crippen LogP contribution in [0, 0.1) is 0 Å². The fraction of sp³-hybridized carbons (Fsp3) is 0.429. The van der Waals surface area contributed by atoms with Gasteiger partial charge in [0.25, 0.3) is 5.91 Å². The Hall–Kier alpha value is -1.59. The number of aliphatic hydroxyl groups excluding tert-OH is 1. The van der Waals surface area contributed by atoms with Crippen LogP contribution in [0.1, 0.15) is 25.8 Å². The molecule has 0 bridgehead atoms. The van der Waals surface area contributed by atoms with E-state index in [0.717, 1.165) is 5.56 Å². The molecular weight excluding hydrogens is 280 g/mol. The summed E-state index contributed by atoms with van der Waals surface area (Å²) in [5, 5.41) is 16.5. The molecule has 0 radical (unpaired) electrons. The first kappa shape index (κ1) is 14.8. The molecule has 0 fully saturated rings. The monoisotopic (exact) mass is 296 g/mol. The van der Waals surface area contributed by atoms with Crippen molar-refractivity contribution in [1.29, 1.82) is 0 Å². The molecule has 1 atom stereocenters. The highest BCUT2D eigenvalue weighted by Crippen LogP contribution is 2.19. The van der Waals surface area contributed by atoms with E-state index in [0.29, 0.717) is 17.2 Å². The van der Waals surface area contributed by atoms with Crippen LogP contribution in [0.2, 0.25) is 5.02 Å². The van der Waals surface area contributed by atoms with E-state index in [2.05, 4.69) is 10.5 Å². The summed E-state index contributed by atoms with van der Waals surface area (Å²) < 4.78 is 0. The van der Waals surface area contributed by atoms with Gasteiger partial charge in [0.05, 0.1) is 17.9 Å². The van der Waals surface area contributed by atoms with Gasteiger partial charge in [0.2, 0.25) is 6.10 Å². The molecule has 1 heterocycles. The van der Waals surface area contributed by atoms with Crippen LogP contribution in [-0.2, 0) is 9.63 Å². The minimum absolute atomic E-state index is 0.143. The molecule has 1 aromatic rings. The Morgan fingerprint density at radius 3 is 2.75 bits per heavy atom. The lowest BCUT2D eigenvalue weighted by atomic mass is 10.0. The molecule has 108 valence electrons. The third kappa shape index (κ3) is 3.49. The molecule has 20 heavy (non-hydrogen) atoms. The molecule has 0 saturated carbocycles. The maximum atomic E-state index is 12.0. The Labute approximate surface area is 122 Å². The number of hydrogen-bond donors (Lipinski definition) is 2. The van der Waals surface area contributed by atoms with Crippen molar-refractivity contribution in [2.45, 2.75) is 31.9 Å². The van der Waals surface area contributed by atoms with Gasteiger partial charge in [0.15, 0.2) is 0 Å². The lowest BCUT2D eigenvalue weighted by molar-refractivity contribution is -0.133. The Bertz CT molecular complexity index is 526. The van der Waals surface area contributed by atoms with Gasteiger partial charge in [-0.05, 0) is 31.5 Å². The van der Waals surface area contributed by atoms with Crippen LogP contribution in [-0.4, -0.2) is 35.0 Å². The molecular formula is C14H17ClN2O3. The van der Waals surface area contributed by atoms with E-state index in [1.165, 1.54) is 0 Å². The lowest BCUT2D eigenvalue weighted by Crippen LogP contribution is -2.50. The van der Waals surface area contributed by atoms with Crippen LogP contribution >= 0.6 is 11.6 Å². The molecule has 2 N–H and O–H groups in total. The van der Waals surface area contributed by atoms with Crippen LogP contribution in [0.4, 0.5) is 0 Å². The molecule has 1 aliphatic heterocycles. The van der Waals surface area contributed by atoms with Crippen LogP contribution in [0.5, 0.6) is 0 Å². The number of halogens is 1. The van der Waals surface area contributed by atoms with Crippen LogP contribution in [0.15, 0.2) is 29.4 Å². The number of rotatable bonds is 4. The topological polar surface area (TPSA) is 70.9 Å². The van der Waals surface area contributed by atoms with Crippen molar-refractivity contribution in [2.24, 2.45) is 5.16 Å². The maximum absolute atomic E-state index is 12.0. The minimum Gasteiger partial charge on any atom is -0.394 e. The second kappa shape index (κ2) is 5.81. The fourth-order valence-corrected chi connectivity index (χ4v) is 1.91. The summed E-state index contributed by atoms with van der Waals surface area (Å²) in [6.45, 7) is 3.33. The molecule has 0 spiro atoms. The molecule has 6 heteroatoms. The Balaban J connectivity index is 1.97. The van der Waals surface area contributed by atoms with E-state index in [4.69, 9.17) is 21.5 Å². The minimum atomic E-state index is -0.677. The Kier molecular flexibility index (Phi) is 4.30. The van der Waals surface area contributed by atoms with E-state index in [9.17, 15) is 4.79 Å². The molecule has 5 nitrogen and oxygen atoms in total. The normalized spacial score (nSPS) is 18.4. The van der Waals surface area contributed by atoms with Crippen molar-refractivity contribution in [1.82, 2.24) is 5.32 Å². The quantitative estimate of drug-likeness (QED) is 0.889. The Morgan fingerprint density at radius 2 is 2.15 bits per heavy atom. The number of nitrogens with one attached hydrogen (secondary N) is 1. The second-order valence-electron chi connectivity index (χ2n) is 5.37. The maximum Gasteiger partial charge on any atom is 0.264 e. The predicted octanol–water partition coefficient (Wildman–Crippen LogP) is 1.72. The van der Waals surface area contributed by atoms with Crippen molar-refractivity contribution >= 4 is 23.2 Å². The van der Waals surface area contributed by atoms with E-state index in [1.54, 1.807) is 26.0 Å². The third-order valence-corrected chi connectivity index (χ3v) is 3.25. The number of benzene rings is 1. The summed E-state index contributed by atoms with van der Waals surface area (Å²) in [4.78, 5) is 17.2. The van der Waals surface area contributed by atoms with Gasteiger partial charge in [-0.1, -0.05) is 28.9 Å². The van der Waals surface area contributed by atoms with Crippen molar-refractivity contribution < 1.29 is 14.7 Å². The van der Waals surface area contributed by atoms with Gasteiger partial charge in [0, 0.05) is 11.4 Å². The highest BCUT2D eigenvalue weighted by atomic mass is 35.5. The van der Waals surface area contributed by atoms with Gasteiger partial charge >= 0.3 is 0 Å². The Morgan fingerprint density at radius 1 is 1.50 bits per heavy atom. The van der Waals surface area contributed by atoms with E-state index < -0.39 is 11.6 Å². The second-order valence-corrected chi connectivity index (χ2v) is 5.81. The highest BCUT2D eigenvalue weighted by molar-refractivity contribution is 6.30. The van der Waals surface area contributed by atoms with Crippen molar-refractivity contribution in [3.05, 3.63) is 34.9 Å². The summed E-state index contributed by atoms with van der Waals surface area (Å²) >= 11 is 5.83. The van der Waals surface area contributed by atoms with Crippen molar-refractivity contribution in [3.8, 4) is 0 Å². The van der Waals surface area contributed by atoms with Gasteiger partial charge in [-0.25, -0.2) is 0 Å². The summed E-state index contributed by atoms with van der Waals surface area (Å²) in [6, 6.07) is 7.20. The number of hydrogen-bond acceptors (Lipinski definition) is 4. The van der Waals surface area contributed by atoms with E-state index >= 15 is 0 Å². The smallest absolute Gasteiger partial charge is 0.264 e. The first-order valence-electron chi connectivity index (χ1n) is 6.33. The molecule has 1 aromatic carbocycles. The van der Waals surface area contributed by atoms with Gasteiger partial charge in [-0.2, -0.15) is 0 Å². The fourth-order valence-electron chi connectivity index (χ4n) is 1.78. The third-order valence-electron chi connectivity index (χ3n) is 3.00. The van der Waals surface area contributed by atoms with E-state index in [-0.39, 0.29) is 12.5 Å². The number of carbonyl (C=O) groups excluding carboxylic acids is 1. The van der Waals surface area contributed by atoms with Gasteiger partial charge in [-0.15, -0.1) is 0 Å². The average molecular weight is 297 g/mol. The zero-order chi connectivity index (χ0) is 14.8. The number of aliphatic hydroxyl groups is 1. The molecule has 1 aliphatic rings. The summed E-state index contributed by atoms with van der Waals surface area (Å²) in [5.41, 5.74) is 0.915. The number of nitrogens with zero attached hydrogens (tertiary/aromatic N) is 1.